The number of benzene rings is 1. The summed E-state index contributed by atoms with van der Waals surface area (Å²) in [5.74, 6) is 0. The molecule has 0 atom stereocenters. The second-order valence-corrected chi connectivity index (χ2v) is 5.44. The number of hydrogen-bond acceptors (Lipinski definition) is 1. The molecule has 1 nitrogen and oxygen atoms in total. The number of hydrogen-bond donors (Lipinski definition) is 0. The first-order valence-electron chi connectivity index (χ1n) is 6.18. The van der Waals surface area contributed by atoms with Crippen LogP contribution in [0.2, 0.25) is 0 Å². The summed E-state index contributed by atoms with van der Waals surface area (Å²) < 4.78 is 0. The summed E-state index contributed by atoms with van der Waals surface area (Å²) in [6, 6.07) is 8.48. The van der Waals surface area contributed by atoms with Gasteiger partial charge < -0.3 is 0 Å². The molecule has 0 spiro atoms. The second kappa shape index (κ2) is 5.31. The second-order valence-electron chi connectivity index (χ2n) is 5.44. The third-order valence-electron chi connectivity index (χ3n) is 3.08. The Labute approximate surface area is 105 Å². The van der Waals surface area contributed by atoms with Gasteiger partial charge in [-0.15, -0.1) is 0 Å². The fourth-order valence-electron chi connectivity index (χ4n) is 1.37. The largest absolute Gasteiger partial charge is 0.258 e. The van der Waals surface area contributed by atoms with Crippen molar-refractivity contribution < 1.29 is 0 Å². The van der Waals surface area contributed by atoms with Crippen molar-refractivity contribution in [1.29, 1.82) is 0 Å². The fraction of sp³-hybridized carbons (Fsp3) is 0.438. The zero-order valence-electron chi connectivity index (χ0n) is 11.7. The maximum atomic E-state index is 4.60. The Morgan fingerprint density at radius 1 is 1.18 bits per heavy atom. The van der Waals surface area contributed by atoms with Gasteiger partial charge in [-0.25, -0.2) is 0 Å². The van der Waals surface area contributed by atoms with Crippen LogP contribution in [0.3, 0.4) is 0 Å². The molecule has 17 heavy (non-hydrogen) atoms. The minimum Gasteiger partial charge on any atom is -0.258 e. The van der Waals surface area contributed by atoms with Crippen LogP contribution in [0.25, 0.3) is 5.70 Å². The number of rotatable bonds is 3. The van der Waals surface area contributed by atoms with Crippen molar-refractivity contribution in [2.24, 2.45) is 10.4 Å². The van der Waals surface area contributed by atoms with Crippen LogP contribution in [0.15, 0.2) is 35.8 Å². The van der Waals surface area contributed by atoms with E-state index in [4.69, 9.17) is 0 Å². The van der Waals surface area contributed by atoms with Gasteiger partial charge in [-0.2, -0.15) is 0 Å². The maximum absolute atomic E-state index is 4.60. The monoisotopic (exact) mass is 229 g/mol. The van der Waals surface area contributed by atoms with Gasteiger partial charge >= 0.3 is 0 Å². The van der Waals surface area contributed by atoms with Crippen molar-refractivity contribution in [3.63, 3.8) is 0 Å². The maximum Gasteiger partial charge on any atom is 0.0629 e. The Morgan fingerprint density at radius 2 is 1.71 bits per heavy atom. The third-order valence-corrected chi connectivity index (χ3v) is 3.08. The fourth-order valence-corrected chi connectivity index (χ4v) is 1.37. The third kappa shape index (κ3) is 3.85. The molecule has 1 aromatic rings. The quantitative estimate of drug-likeness (QED) is 0.665. The summed E-state index contributed by atoms with van der Waals surface area (Å²) in [5.41, 5.74) is 4.51. The van der Waals surface area contributed by atoms with Crippen molar-refractivity contribution in [2.75, 3.05) is 0 Å². The van der Waals surface area contributed by atoms with Gasteiger partial charge in [-0.05, 0) is 29.9 Å². The average Bonchev–Trinajstić information content (AvgIpc) is 2.27. The highest BCUT2D eigenvalue weighted by atomic mass is 14.8. The number of aliphatic imine (C=N–C) groups is 1. The number of nitrogens with zero attached hydrogens (tertiary/aromatic N) is 1. The zero-order valence-corrected chi connectivity index (χ0v) is 11.7. The van der Waals surface area contributed by atoms with E-state index in [0.29, 0.717) is 0 Å². The SMILES string of the molecule is C=C(/N=C(\C)C(C)(C)C)c1ccc(CC)cc1. The van der Waals surface area contributed by atoms with Gasteiger partial charge in [-0.3, -0.25) is 4.99 Å². The molecule has 0 aliphatic carbocycles. The molecular formula is C16H23N. The van der Waals surface area contributed by atoms with Crippen molar-refractivity contribution in [3.05, 3.63) is 42.0 Å². The molecule has 0 N–H and O–H groups in total. The molecule has 0 amide bonds. The van der Waals surface area contributed by atoms with Crippen molar-refractivity contribution >= 4 is 11.4 Å². The van der Waals surface area contributed by atoms with E-state index in [0.717, 1.165) is 23.4 Å². The van der Waals surface area contributed by atoms with Crippen LogP contribution < -0.4 is 0 Å². The first-order chi connectivity index (χ1) is 7.84. The minimum atomic E-state index is 0.103. The van der Waals surface area contributed by atoms with E-state index < -0.39 is 0 Å². The van der Waals surface area contributed by atoms with E-state index in [1.165, 1.54) is 5.56 Å². The molecule has 0 aliphatic rings. The molecule has 0 radical (unpaired) electrons. The van der Waals surface area contributed by atoms with Gasteiger partial charge in [0.2, 0.25) is 0 Å². The zero-order chi connectivity index (χ0) is 13.1. The summed E-state index contributed by atoms with van der Waals surface area (Å²) in [6.07, 6.45) is 1.07. The molecule has 0 aromatic heterocycles. The van der Waals surface area contributed by atoms with Gasteiger partial charge in [0.1, 0.15) is 0 Å². The summed E-state index contributed by atoms with van der Waals surface area (Å²) >= 11 is 0. The lowest BCUT2D eigenvalue weighted by Crippen LogP contribution is -2.16. The van der Waals surface area contributed by atoms with Crippen LogP contribution in [0, 0.1) is 5.41 Å². The lowest BCUT2D eigenvalue weighted by atomic mass is 9.91. The van der Waals surface area contributed by atoms with Crippen LogP contribution in [-0.4, -0.2) is 5.71 Å². The molecule has 0 unspecified atom stereocenters. The Bertz CT molecular complexity index is 416. The summed E-state index contributed by atoms with van der Waals surface area (Å²) in [5, 5.41) is 0. The standard InChI is InChI=1S/C16H23N/c1-7-14-8-10-15(11-9-14)12(2)17-13(3)16(4,5)6/h8-11H,2,7H2,1,3-6H3/b17-13+. The van der Waals surface area contributed by atoms with Gasteiger partial charge in [-0.1, -0.05) is 58.5 Å². The molecule has 0 saturated carbocycles. The molecule has 92 valence electrons. The van der Waals surface area contributed by atoms with E-state index in [-0.39, 0.29) is 5.41 Å². The van der Waals surface area contributed by atoms with E-state index in [9.17, 15) is 0 Å². The lowest BCUT2D eigenvalue weighted by Gasteiger charge is -2.18. The molecule has 0 bridgehead atoms. The summed E-state index contributed by atoms with van der Waals surface area (Å²) in [4.78, 5) is 4.60. The Balaban J connectivity index is 2.90. The predicted molar refractivity (Wildman–Crippen MR) is 77.4 cm³/mol. The van der Waals surface area contributed by atoms with Gasteiger partial charge in [0.25, 0.3) is 0 Å². The lowest BCUT2D eigenvalue weighted by molar-refractivity contribution is 0.588. The first kappa shape index (κ1) is 13.7. The van der Waals surface area contributed by atoms with Crippen molar-refractivity contribution in [2.45, 2.75) is 41.0 Å². The van der Waals surface area contributed by atoms with Crippen LogP contribution in [0.4, 0.5) is 0 Å². The van der Waals surface area contributed by atoms with E-state index >= 15 is 0 Å². The molecule has 0 heterocycles. The van der Waals surface area contributed by atoms with Crippen LogP contribution in [0.1, 0.15) is 45.7 Å². The van der Waals surface area contributed by atoms with Gasteiger partial charge in [0, 0.05) is 5.71 Å². The molecule has 1 aromatic carbocycles. The highest BCUT2D eigenvalue weighted by Gasteiger charge is 2.14. The summed E-state index contributed by atoms with van der Waals surface area (Å²) in [6.45, 7) is 14.8. The normalized spacial score (nSPS) is 12.6. The smallest absolute Gasteiger partial charge is 0.0629 e. The molecule has 0 saturated heterocycles. The van der Waals surface area contributed by atoms with Gasteiger partial charge in [0.05, 0.1) is 5.70 Å². The Morgan fingerprint density at radius 3 is 2.12 bits per heavy atom. The van der Waals surface area contributed by atoms with E-state index in [1.807, 2.05) is 0 Å². The average molecular weight is 229 g/mol. The van der Waals surface area contributed by atoms with Crippen LogP contribution in [-0.2, 0) is 6.42 Å². The van der Waals surface area contributed by atoms with Crippen molar-refractivity contribution in [3.8, 4) is 0 Å². The van der Waals surface area contributed by atoms with Crippen LogP contribution in [0.5, 0.6) is 0 Å². The Hall–Kier alpha value is -1.37. The Kier molecular flexibility index (Phi) is 4.28. The minimum absolute atomic E-state index is 0.103. The van der Waals surface area contributed by atoms with E-state index in [2.05, 4.69) is 70.5 Å². The van der Waals surface area contributed by atoms with Crippen molar-refractivity contribution in [1.82, 2.24) is 0 Å². The van der Waals surface area contributed by atoms with Gasteiger partial charge in [0.15, 0.2) is 0 Å². The van der Waals surface area contributed by atoms with E-state index in [1.54, 1.807) is 0 Å². The molecule has 0 fully saturated rings. The summed E-state index contributed by atoms with van der Waals surface area (Å²) in [7, 11) is 0. The highest BCUT2D eigenvalue weighted by molar-refractivity contribution is 5.91. The van der Waals surface area contributed by atoms with Crippen LogP contribution >= 0.6 is 0 Å². The first-order valence-corrected chi connectivity index (χ1v) is 6.18. The molecular weight excluding hydrogens is 206 g/mol. The molecule has 0 aliphatic heterocycles. The molecule has 1 heteroatoms. The predicted octanol–water partition coefficient (Wildman–Crippen LogP) is 4.73. The highest BCUT2D eigenvalue weighted by Crippen LogP contribution is 2.21. The topological polar surface area (TPSA) is 12.4 Å². The number of aryl methyl sites for hydroxylation is 1. The molecule has 1 rings (SSSR count).